The van der Waals surface area contributed by atoms with Crippen LogP contribution in [0.4, 0.5) is 0 Å². The molecule has 25 heavy (non-hydrogen) atoms. The molecule has 0 spiro atoms. The van der Waals surface area contributed by atoms with Crippen LogP contribution in [0.1, 0.15) is 64.2 Å². The summed E-state index contributed by atoms with van der Waals surface area (Å²) in [5.41, 5.74) is 0. The fraction of sp³-hybridized carbons (Fsp3) is 0.850. The van der Waals surface area contributed by atoms with E-state index in [2.05, 4.69) is 6.08 Å². The maximum Gasteiger partial charge on any atom is 0.288 e. The van der Waals surface area contributed by atoms with Gasteiger partial charge in [0.05, 0.1) is 6.61 Å². The highest BCUT2D eigenvalue weighted by Crippen LogP contribution is 2.38. The first-order chi connectivity index (χ1) is 12.3. The molecule has 5 nitrogen and oxygen atoms in total. The Labute approximate surface area is 151 Å². The SMILES string of the molecule is O=C(C1=C[C@H](C2CCCC2)C[C@H](OCCCCO)O1)N1CCCCC1. The van der Waals surface area contributed by atoms with Crippen LogP contribution in [-0.2, 0) is 14.3 Å². The van der Waals surface area contributed by atoms with Crippen molar-refractivity contribution in [2.75, 3.05) is 26.3 Å². The molecule has 1 saturated carbocycles. The van der Waals surface area contributed by atoms with Crippen molar-refractivity contribution in [3.05, 3.63) is 11.8 Å². The number of rotatable bonds is 7. The number of unbranched alkanes of at least 4 members (excludes halogenated alkanes) is 1. The lowest BCUT2D eigenvalue weighted by atomic mass is 9.86. The number of ether oxygens (including phenoxy) is 2. The predicted molar refractivity (Wildman–Crippen MR) is 95.7 cm³/mol. The number of aliphatic hydroxyl groups is 1. The van der Waals surface area contributed by atoms with Crippen LogP contribution in [0.25, 0.3) is 0 Å². The summed E-state index contributed by atoms with van der Waals surface area (Å²) in [5.74, 6) is 1.61. The number of allylic oxidation sites excluding steroid dienone is 1. The Bertz CT molecular complexity index is 453. The minimum atomic E-state index is -0.321. The van der Waals surface area contributed by atoms with E-state index in [0.717, 1.165) is 45.2 Å². The van der Waals surface area contributed by atoms with E-state index in [1.54, 1.807) is 0 Å². The smallest absolute Gasteiger partial charge is 0.288 e. The summed E-state index contributed by atoms with van der Waals surface area (Å²) in [4.78, 5) is 14.8. The molecule has 1 amide bonds. The van der Waals surface area contributed by atoms with Crippen LogP contribution in [0.3, 0.4) is 0 Å². The highest BCUT2D eigenvalue weighted by Gasteiger charge is 2.34. The molecule has 5 heteroatoms. The Hall–Kier alpha value is -1.07. The van der Waals surface area contributed by atoms with Gasteiger partial charge in [-0.1, -0.05) is 12.8 Å². The van der Waals surface area contributed by atoms with Gasteiger partial charge in [-0.2, -0.15) is 0 Å². The zero-order valence-electron chi connectivity index (χ0n) is 15.3. The number of hydrogen-bond acceptors (Lipinski definition) is 4. The van der Waals surface area contributed by atoms with Crippen LogP contribution in [0.2, 0.25) is 0 Å². The second-order valence-electron chi connectivity index (χ2n) is 7.68. The molecule has 1 aliphatic carbocycles. The topological polar surface area (TPSA) is 59.0 Å². The highest BCUT2D eigenvalue weighted by atomic mass is 16.7. The molecule has 142 valence electrons. The van der Waals surface area contributed by atoms with E-state index in [4.69, 9.17) is 14.6 Å². The zero-order chi connectivity index (χ0) is 17.5. The van der Waals surface area contributed by atoms with Crippen molar-refractivity contribution in [1.29, 1.82) is 0 Å². The first-order valence-electron chi connectivity index (χ1n) is 10.2. The highest BCUT2D eigenvalue weighted by molar-refractivity contribution is 5.91. The third-order valence-corrected chi connectivity index (χ3v) is 5.80. The largest absolute Gasteiger partial charge is 0.459 e. The summed E-state index contributed by atoms with van der Waals surface area (Å²) < 4.78 is 11.9. The second kappa shape index (κ2) is 9.58. The molecule has 1 saturated heterocycles. The lowest BCUT2D eigenvalue weighted by Gasteiger charge is -2.34. The number of carbonyl (C=O) groups is 1. The molecule has 0 unspecified atom stereocenters. The Kier molecular flexibility index (Phi) is 7.17. The Balaban J connectivity index is 1.63. The van der Waals surface area contributed by atoms with Crippen molar-refractivity contribution >= 4 is 5.91 Å². The summed E-state index contributed by atoms with van der Waals surface area (Å²) >= 11 is 0. The van der Waals surface area contributed by atoms with Crippen LogP contribution in [0.5, 0.6) is 0 Å². The minimum Gasteiger partial charge on any atom is -0.459 e. The molecule has 0 aromatic rings. The van der Waals surface area contributed by atoms with E-state index in [9.17, 15) is 4.79 Å². The normalized spacial score (nSPS) is 27.9. The second-order valence-corrected chi connectivity index (χ2v) is 7.68. The van der Waals surface area contributed by atoms with Gasteiger partial charge in [-0.3, -0.25) is 4.79 Å². The number of hydrogen-bond donors (Lipinski definition) is 1. The van der Waals surface area contributed by atoms with Gasteiger partial charge in [0.25, 0.3) is 5.91 Å². The maximum absolute atomic E-state index is 12.9. The third-order valence-electron chi connectivity index (χ3n) is 5.80. The summed E-state index contributed by atoms with van der Waals surface area (Å²) in [7, 11) is 0. The molecule has 2 atom stereocenters. The fourth-order valence-electron chi connectivity index (χ4n) is 4.33. The van der Waals surface area contributed by atoms with E-state index in [-0.39, 0.29) is 18.8 Å². The Morgan fingerprint density at radius 3 is 2.64 bits per heavy atom. The lowest BCUT2D eigenvalue weighted by molar-refractivity contribution is -0.157. The van der Waals surface area contributed by atoms with Crippen molar-refractivity contribution in [2.24, 2.45) is 11.8 Å². The molecule has 1 N–H and O–H groups in total. The predicted octanol–water partition coefficient (Wildman–Crippen LogP) is 3.22. The zero-order valence-corrected chi connectivity index (χ0v) is 15.3. The van der Waals surface area contributed by atoms with E-state index in [1.807, 2.05) is 4.90 Å². The molecule has 0 aromatic heterocycles. The molecule has 3 aliphatic rings. The average Bonchev–Trinajstić information content (AvgIpc) is 3.20. The van der Waals surface area contributed by atoms with Crippen LogP contribution in [-0.4, -0.2) is 48.5 Å². The molecule has 3 rings (SSSR count). The van der Waals surface area contributed by atoms with Gasteiger partial charge in [0.1, 0.15) is 0 Å². The average molecular weight is 351 g/mol. The van der Waals surface area contributed by atoms with E-state index in [1.165, 1.54) is 32.1 Å². The molecule has 2 heterocycles. The monoisotopic (exact) mass is 351 g/mol. The number of amides is 1. The van der Waals surface area contributed by atoms with Gasteiger partial charge in [0, 0.05) is 26.1 Å². The summed E-state index contributed by atoms with van der Waals surface area (Å²) in [6, 6.07) is 0. The maximum atomic E-state index is 12.9. The molecular formula is C20H33NO4. The summed E-state index contributed by atoms with van der Waals surface area (Å²) in [5, 5.41) is 8.90. The van der Waals surface area contributed by atoms with Gasteiger partial charge in [-0.15, -0.1) is 0 Å². The van der Waals surface area contributed by atoms with Gasteiger partial charge in [-0.25, -0.2) is 0 Å². The van der Waals surface area contributed by atoms with Gasteiger partial charge < -0.3 is 19.5 Å². The first kappa shape index (κ1) is 18.7. The van der Waals surface area contributed by atoms with E-state index >= 15 is 0 Å². The number of aliphatic hydroxyl groups excluding tert-OH is 1. The Morgan fingerprint density at radius 1 is 1.16 bits per heavy atom. The van der Waals surface area contributed by atoms with Gasteiger partial charge >= 0.3 is 0 Å². The lowest BCUT2D eigenvalue weighted by Crippen LogP contribution is -2.40. The number of likely N-dealkylation sites (tertiary alicyclic amines) is 1. The minimum absolute atomic E-state index is 0.0476. The Morgan fingerprint density at radius 2 is 1.92 bits per heavy atom. The van der Waals surface area contributed by atoms with Crippen molar-refractivity contribution in [2.45, 2.75) is 70.5 Å². The standard InChI is InChI=1S/C20H33NO4/c22-12-6-7-13-24-19-15-17(16-8-2-3-9-16)14-18(25-19)20(23)21-10-4-1-5-11-21/h14,16-17,19,22H,1-13,15H2/t17-,19+/m0/s1. The number of piperidine rings is 1. The molecule has 0 bridgehead atoms. The third kappa shape index (κ3) is 5.20. The fourth-order valence-corrected chi connectivity index (χ4v) is 4.33. The molecule has 0 aromatic carbocycles. The van der Waals surface area contributed by atoms with E-state index in [0.29, 0.717) is 24.2 Å². The molecule has 2 aliphatic heterocycles. The van der Waals surface area contributed by atoms with Crippen molar-refractivity contribution < 1.29 is 19.4 Å². The van der Waals surface area contributed by atoms with Gasteiger partial charge in [-0.05, 0) is 62.9 Å². The van der Waals surface area contributed by atoms with Gasteiger partial charge in [0.15, 0.2) is 5.76 Å². The van der Waals surface area contributed by atoms with Crippen LogP contribution in [0, 0.1) is 11.8 Å². The van der Waals surface area contributed by atoms with Crippen molar-refractivity contribution in [1.82, 2.24) is 4.90 Å². The van der Waals surface area contributed by atoms with Crippen LogP contribution in [0.15, 0.2) is 11.8 Å². The summed E-state index contributed by atoms with van der Waals surface area (Å²) in [6.45, 7) is 2.46. The first-order valence-corrected chi connectivity index (χ1v) is 10.2. The number of nitrogens with zero attached hydrogens (tertiary/aromatic N) is 1. The quantitative estimate of drug-likeness (QED) is 0.716. The molecular weight excluding hydrogens is 318 g/mol. The molecule has 2 fully saturated rings. The number of carbonyl (C=O) groups excluding carboxylic acids is 1. The van der Waals surface area contributed by atoms with E-state index < -0.39 is 0 Å². The van der Waals surface area contributed by atoms with Crippen molar-refractivity contribution in [3.63, 3.8) is 0 Å². The molecule has 0 radical (unpaired) electrons. The van der Waals surface area contributed by atoms with Crippen LogP contribution >= 0.6 is 0 Å². The summed E-state index contributed by atoms with van der Waals surface area (Å²) in [6.07, 6.45) is 12.7. The van der Waals surface area contributed by atoms with Crippen LogP contribution < -0.4 is 0 Å². The van der Waals surface area contributed by atoms with Crippen molar-refractivity contribution in [3.8, 4) is 0 Å². The van der Waals surface area contributed by atoms with Gasteiger partial charge in [0.2, 0.25) is 6.29 Å².